The Kier molecular flexibility index (Phi) is 6.22. The van der Waals surface area contributed by atoms with E-state index in [1.807, 2.05) is 4.90 Å². The zero-order valence-electron chi connectivity index (χ0n) is 13.5. The molecule has 5 nitrogen and oxygen atoms in total. The summed E-state index contributed by atoms with van der Waals surface area (Å²) in [6.07, 6.45) is 2.32. The summed E-state index contributed by atoms with van der Waals surface area (Å²) in [5.41, 5.74) is 0. The number of hydrogen-bond donors (Lipinski definition) is 1. The van der Waals surface area contributed by atoms with Crippen LogP contribution in [0.5, 0.6) is 5.75 Å². The molecule has 0 radical (unpaired) electrons. The Hall–Kier alpha value is -1.01. The highest BCUT2D eigenvalue weighted by Crippen LogP contribution is 2.28. The lowest BCUT2D eigenvalue weighted by atomic mass is 10.1. The van der Waals surface area contributed by atoms with Gasteiger partial charge in [0.15, 0.2) is 0 Å². The van der Waals surface area contributed by atoms with Crippen LogP contribution in [0.3, 0.4) is 0 Å². The molecular formula is C17H22Cl2N2O3. The fourth-order valence-corrected chi connectivity index (χ4v) is 3.38. The second-order valence-electron chi connectivity index (χ2n) is 6.23. The van der Waals surface area contributed by atoms with Gasteiger partial charge in [-0.3, -0.25) is 4.79 Å². The predicted molar refractivity (Wildman–Crippen MR) is 93.9 cm³/mol. The highest BCUT2D eigenvalue weighted by Gasteiger charge is 2.27. The number of carbonyl (C=O) groups is 1. The molecule has 132 valence electrons. The largest absolute Gasteiger partial charge is 0.489 e. The third kappa shape index (κ3) is 4.76. The molecule has 24 heavy (non-hydrogen) atoms. The summed E-state index contributed by atoms with van der Waals surface area (Å²) in [6.45, 7) is 3.51. The van der Waals surface area contributed by atoms with Gasteiger partial charge in [0, 0.05) is 31.6 Å². The van der Waals surface area contributed by atoms with E-state index >= 15 is 0 Å². The Morgan fingerprint density at radius 1 is 1.38 bits per heavy atom. The Morgan fingerprint density at radius 2 is 2.25 bits per heavy atom. The summed E-state index contributed by atoms with van der Waals surface area (Å²) in [4.78, 5) is 14.4. The normalized spacial score (nSPS) is 24.7. The first-order valence-corrected chi connectivity index (χ1v) is 9.08. The number of ether oxygens (including phenoxy) is 2. The summed E-state index contributed by atoms with van der Waals surface area (Å²) >= 11 is 11.9. The standard InChI is InChI=1S/C17H22Cl2N2O3/c18-15-4-3-13(9-16(15)19)24-14-2-1-6-21(10-14)17(22)8-12-11-23-7-5-20-12/h3-4,9,12,14,20H,1-2,5-8,10-11H2. The molecule has 0 bridgehead atoms. The fraction of sp³-hybridized carbons (Fsp3) is 0.588. The molecular weight excluding hydrogens is 351 g/mol. The van der Waals surface area contributed by atoms with Crippen molar-refractivity contribution in [3.63, 3.8) is 0 Å². The van der Waals surface area contributed by atoms with Gasteiger partial charge in [-0.2, -0.15) is 0 Å². The predicted octanol–water partition coefficient (Wildman–Crippen LogP) is 2.74. The Bertz CT molecular complexity index is 579. The maximum Gasteiger partial charge on any atom is 0.224 e. The summed E-state index contributed by atoms with van der Waals surface area (Å²) in [7, 11) is 0. The number of piperidine rings is 1. The van der Waals surface area contributed by atoms with Gasteiger partial charge in [-0.1, -0.05) is 23.2 Å². The molecule has 2 heterocycles. The smallest absolute Gasteiger partial charge is 0.224 e. The summed E-state index contributed by atoms with van der Waals surface area (Å²) in [6, 6.07) is 5.36. The first kappa shape index (κ1) is 17.8. The van der Waals surface area contributed by atoms with Gasteiger partial charge in [0.25, 0.3) is 0 Å². The van der Waals surface area contributed by atoms with E-state index in [1.165, 1.54) is 0 Å². The lowest BCUT2D eigenvalue weighted by Crippen LogP contribution is -2.48. The zero-order chi connectivity index (χ0) is 16.9. The molecule has 2 unspecified atom stereocenters. The van der Waals surface area contributed by atoms with Crippen LogP contribution < -0.4 is 10.1 Å². The van der Waals surface area contributed by atoms with Crippen LogP contribution in [0.25, 0.3) is 0 Å². The van der Waals surface area contributed by atoms with Crippen molar-refractivity contribution in [3.05, 3.63) is 28.2 Å². The highest BCUT2D eigenvalue weighted by molar-refractivity contribution is 6.42. The van der Waals surface area contributed by atoms with Crippen LogP contribution in [0.1, 0.15) is 19.3 Å². The van der Waals surface area contributed by atoms with E-state index in [-0.39, 0.29) is 18.1 Å². The van der Waals surface area contributed by atoms with E-state index in [2.05, 4.69) is 5.32 Å². The topological polar surface area (TPSA) is 50.8 Å². The summed E-state index contributed by atoms with van der Waals surface area (Å²) in [5.74, 6) is 0.839. The van der Waals surface area contributed by atoms with Crippen molar-refractivity contribution in [2.24, 2.45) is 0 Å². The van der Waals surface area contributed by atoms with Crippen LogP contribution in [0.4, 0.5) is 0 Å². The molecule has 2 saturated heterocycles. The van der Waals surface area contributed by atoms with Crippen LogP contribution >= 0.6 is 23.2 Å². The van der Waals surface area contributed by atoms with Crippen LogP contribution in [-0.2, 0) is 9.53 Å². The third-order valence-corrected chi connectivity index (χ3v) is 5.08. The van der Waals surface area contributed by atoms with Crippen LogP contribution in [-0.4, -0.2) is 55.8 Å². The molecule has 1 aromatic rings. The van der Waals surface area contributed by atoms with Crippen LogP contribution in [0.15, 0.2) is 18.2 Å². The molecule has 3 rings (SSSR count). The van der Waals surface area contributed by atoms with Gasteiger partial charge >= 0.3 is 0 Å². The number of likely N-dealkylation sites (tertiary alicyclic amines) is 1. The number of amides is 1. The second-order valence-corrected chi connectivity index (χ2v) is 7.04. The molecule has 1 aromatic carbocycles. The van der Waals surface area contributed by atoms with Crippen molar-refractivity contribution < 1.29 is 14.3 Å². The third-order valence-electron chi connectivity index (χ3n) is 4.34. The van der Waals surface area contributed by atoms with Crippen molar-refractivity contribution in [1.82, 2.24) is 10.2 Å². The number of halogens is 2. The molecule has 0 aromatic heterocycles. The lowest BCUT2D eigenvalue weighted by Gasteiger charge is -2.34. The average Bonchev–Trinajstić information content (AvgIpc) is 2.59. The van der Waals surface area contributed by atoms with E-state index in [0.717, 1.165) is 25.9 Å². The molecule has 2 atom stereocenters. The molecule has 0 spiro atoms. The van der Waals surface area contributed by atoms with E-state index < -0.39 is 0 Å². The van der Waals surface area contributed by atoms with Gasteiger partial charge < -0.3 is 19.7 Å². The summed E-state index contributed by atoms with van der Waals surface area (Å²) in [5, 5.41) is 4.30. The Balaban J connectivity index is 1.53. The number of benzene rings is 1. The minimum absolute atomic E-state index is 0.0180. The van der Waals surface area contributed by atoms with Crippen LogP contribution in [0.2, 0.25) is 10.0 Å². The maximum absolute atomic E-state index is 12.5. The lowest BCUT2D eigenvalue weighted by molar-refractivity contribution is -0.135. The molecule has 2 fully saturated rings. The van der Waals surface area contributed by atoms with Crippen molar-refractivity contribution in [1.29, 1.82) is 0 Å². The second kappa shape index (κ2) is 8.39. The SMILES string of the molecule is O=C(CC1COCCN1)N1CCCC(Oc2ccc(Cl)c(Cl)c2)C1. The van der Waals surface area contributed by atoms with Gasteiger partial charge in [0.1, 0.15) is 11.9 Å². The molecule has 0 aliphatic carbocycles. The van der Waals surface area contributed by atoms with Gasteiger partial charge in [-0.25, -0.2) is 0 Å². The van der Waals surface area contributed by atoms with Gasteiger partial charge in [0.2, 0.25) is 5.91 Å². The Morgan fingerprint density at radius 3 is 3.00 bits per heavy atom. The van der Waals surface area contributed by atoms with E-state index in [0.29, 0.717) is 42.0 Å². The fourth-order valence-electron chi connectivity index (χ4n) is 3.09. The van der Waals surface area contributed by atoms with E-state index in [1.54, 1.807) is 18.2 Å². The minimum atomic E-state index is -0.0180. The molecule has 2 aliphatic heterocycles. The van der Waals surface area contributed by atoms with Crippen molar-refractivity contribution in [2.75, 3.05) is 32.8 Å². The molecule has 1 amide bonds. The van der Waals surface area contributed by atoms with Crippen LogP contribution in [0, 0.1) is 0 Å². The van der Waals surface area contributed by atoms with Gasteiger partial charge in [-0.05, 0) is 25.0 Å². The molecule has 1 N–H and O–H groups in total. The number of rotatable bonds is 4. The van der Waals surface area contributed by atoms with E-state index in [4.69, 9.17) is 32.7 Å². The molecule has 7 heteroatoms. The number of nitrogens with zero attached hydrogens (tertiary/aromatic N) is 1. The quantitative estimate of drug-likeness (QED) is 0.882. The monoisotopic (exact) mass is 372 g/mol. The van der Waals surface area contributed by atoms with Crippen molar-refractivity contribution in [2.45, 2.75) is 31.4 Å². The number of hydrogen-bond acceptors (Lipinski definition) is 4. The van der Waals surface area contributed by atoms with Crippen molar-refractivity contribution >= 4 is 29.1 Å². The molecule has 0 saturated carbocycles. The Labute approximate surface area is 152 Å². The maximum atomic E-state index is 12.5. The van der Waals surface area contributed by atoms with Crippen molar-refractivity contribution in [3.8, 4) is 5.75 Å². The van der Waals surface area contributed by atoms with E-state index in [9.17, 15) is 4.79 Å². The highest BCUT2D eigenvalue weighted by atomic mass is 35.5. The number of carbonyl (C=O) groups excluding carboxylic acids is 1. The van der Waals surface area contributed by atoms with Gasteiger partial charge in [-0.15, -0.1) is 0 Å². The molecule has 2 aliphatic rings. The minimum Gasteiger partial charge on any atom is -0.489 e. The number of nitrogens with one attached hydrogen (secondary N) is 1. The van der Waals surface area contributed by atoms with Gasteiger partial charge in [0.05, 0.1) is 29.8 Å². The number of morpholine rings is 1. The first-order valence-electron chi connectivity index (χ1n) is 8.32. The average molecular weight is 373 g/mol. The zero-order valence-corrected chi connectivity index (χ0v) is 15.0. The summed E-state index contributed by atoms with van der Waals surface area (Å²) < 4.78 is 11.4. The first-order chi connectivity index (χ1) is 11.6.